The first-order valence-corrected chi connectivity index (χ1v) is 23.9. The largest absolute Gasteiger partial charge is 0.466 e. The average Bonchev–Trinajstić information content (AvgIpc) is 3.17. The summed E-state index contributed by atoms with van der Waals surface area (Å²) in [4.78, 5) is 24.3. The first-order chi connectivity index (χ1) is 26.5. The van der Waals surface area contributed by atoms with Crippen LogP contribution >= 0.6 is 0 Å². The summed E-state index contributed by atoms with van der Waals surface area (Å²) in [6, 6.07) is -0.549. The molecule has 0 saturated carbocycles. The monoisotopic (exact) mass is 764 g/mol. The fraction of sp³-hybridized carbons (Fsp3) is 0.917. The maximum absolute atomic E-state index is 12.4. The molecule has 0 aliphatic rings. The van der Waals surface area contributed by atoms with E-state index in [1.165, 1.54) is 154 Å². The van der Waals surface area contributed by atoms with Gasteiger partial charge in [-0.3, -0.25) is 9.59 Å². The lowest BCUT2D eigenvalue weighted by Crippen LogP contribution is -2.45. The lowest BCUT2D eigenvalue weighted by atomic mass is 10.0. The molecule has 0 aromatic heterocycles. The predicted molar refractivity (Wildman–Crippen MR) is 232 cm³/mol. The highest BCUT2D eigenvalue weighted by Crippen LogP contribution is 2.15. The quantitative estimate of drug-likeness (QED) is 0.0326. The van der Waals surface area contributed by atoms with Crippen LogP contribution in [0.2, 0.25) is 0 Å². The normalized spacial score (nSPS) is 12.7. The molecule has 0 aliphatic heterocycles. The third-order valence-electron chi connectivity index (χ3n) is 11.1. The van der Waals surface area contributed by atoms with Crippen LogP contribution in [0.3, 0.4) is 0 Å². The Labute approximate surface area is 336 Å². The van der Waals surface area contributed by atoms with E-state index >= 15 is 0 Å². The SMILES string of the molecule is CCCCCCCCCCCCCCCC(=O)OCCCCCC/C=C\CCCCCCCCCC(=O)NC(CO)C(O)CCCCCCCCCCC. The number of carbonyl (C=O) groups excluding carboxylic acids is 2. The molecular weight excluding hydrogens is 671 g/mol. The molecular formula is C48H93NO5. The Balaban J connectivity index is 3.45. The van der Waals surface area contributed by atoms with E-state index in [4.69, 9.17) is 4.74 Å². The number of hydrogen-bond acceptors (Lipinski definition) is 5. The van der Waals surface area contributed by atoms with Crippen molar-refractivity contribution in [2.24, 2.45) is 0 Å². The standard InChI is InChI=1S/C48H93NO5/c1-3-5-7-9-11-13-14-18-22-26-30-34-38-42-48(53)54-43-39-35-31-27-23-20-17-15-16-19-21-25-29-33-37-41-47(52)49-45(44-50)46(51)40-36-32-28-24-12-10-8-6-4-2/h17,20,45-46,50-51H,3-16,18-19,21-44H2,1-2H3,(H,49,52)/b20-17-. The third-order valence-corrected chi connectivity index (χ3v) is 11.1. The number of ether oxygens (including phenoxy) is 1. The zero-order valence-corrected chi connectivity index (χ0v) is 36.2. The lowest BCUT2D eigenvalue weighted by Gasteiger charge is -2.22. The van der Waals surface area contributed by atoms with Crippen molar-refractivity contribution in [3.05, 3.63) is 12.2 Å². The van der Waals surface area contributed by atoms with Crippen molar-refractivity contribution in [1.82, 2.24) is 5.32 Å². The fourth-order valence-corrected chi connectivity index (χ4v) is 7.34. The van der Waals surface area contributed by atoms with E-state index in [-0.39, 0.29) is 18.5 Å². The molecule has 1 amide bonds. The van der Waals surface area contributed by atoms with Gasteiger partial charge >= 0.3 is 5.97 Å². The number of carbonyl (C=O) groups is 2. The smallest absolute Gasteiger partial charge is 0.305 e. The summed E-state index contributed by atoms with van der Waals surface area (Å²) in [5, 5.41) is 23.0. The molecule has 0 aromatic rings. The van der Waals surface area contributed by atoms with Crippen LogP contribution in [0.1, 0.15) is 258 Å². The second-order valence-electron chi connectivity index (χ2n) is 16.4. The van der Waals surface area contributed by atoms with Gasteiger partial charge in [0.1, 0.15) is 0 Å². The molecule has 0 bridgehead atoms. The number of nitrogens with one attached hydrogen (secondary N) is 1. The molecule has 3 N–H and O–H groups in total. The van der Waals surface area contributed by atoms with Gasteiger partial charge in [0.15, 0.2) is 0 Å². The van der Waals surface area contributed by atoms with Crippen LogP contribution in [0.25, 0.3) is 0 Å². The van der Waals surface area contributed by atoms with Crippen molar-refractivity contribution in [1.29, 1.82) is 0 Å². The minimum Gasteiger partial charge on any atom is -0.466 e. The molecule has 0 spiro atoms. The average molecular weight is 764 g/mol. The number of aliphatic hydroxyl groups is 2. The van der Waals surface area contributed by atoms with Crippen LogP contribution in [-0.2, 0) is 14.3 Å². The van der Waals surface area contributed by atoms with Gasteiger partial charge in [0, 0.05) is 12.8 Å². The summed E-state index contributed by atoms with van der Waals surface area (Å²) in [6.45, 7) is 4.89. The number of aliphatic hydroxyl groups excluding tert-OH is 2. The van der Waals surface area contributed by atoms with E-state index in [1.54, 1.807) is 0 Å². The lowest BCUT2D eigenvalue weighted by molar-refractivity contribution is -0.143. The molecule has 0 rings (SSSR count). The second kappa shape index (κ2) is 44.3. The molecule has 320 valence electrons. The maximum atomic E-state index is 12.4. The van der Waals surface area contributed by atoms with Crippen molar-refractivity contribution in [3.8, 4) is 0 Å². The van der Waals surface area contributed by atoms with Gasteiger partial charge in [-0.25, -0.2) is 0 Å². The van der Waals surface area contributed by atoms with E-state index in [9.17, 15) is 19.8 Å². The molecule has 0 saturated heterocycles. The van der Waals surface area contributed by atoms with Gasteiger partial charge in [-0.15, -0.1) is 0 Å². The number of unbranched alkanes of at least 4 members (excludes halogenated alkanes) is 31. The maximum Gasteiger partial charge on any atom is 0.305 e. The zero-order valence-electron chi connectivity index (χ0n) is 36.2. The molecule has 2 unspecified atom stereocenters. The number of rotatable bonds is 44. The Morgan fingerprint density at radius 2 is 0.870 bits per heavy atom. The molecule has 6 heteroatoms. The summed E-state index contributed by atoms with van der Waals surface area (Å²) in [7, 11) is 0. The summed E-state index contributed by atoms with van der Waals surface area (Å²) in [5.41, 5.74) is 0. The molecule has 0 aromatic carbocycles. The van der Waals surface area contributed by atoms with Gasteiger partial charge in [-0.1, -0.05) is 206 Å². The summed E-state index contributed by atoms with van der Waals surface area (Å²) < 4.78 is 5.44. The van der Waals surface area contributed by atoms with Crippen LogP contribution < -0.4 is 5.32 Å². The Kier molecular flexibility index (Phi) is 43.2. The molecule has 2 atom stereocenters. The molecule has 0 radical (unpaired) electrons. The predicted octanol–water partition coefficient (Wildman–Crippen LogP) is 13.8. The van der Waals surface area contributed by atoms with Crippen molar-refractivity contribution in [2.75, 3.05) is 13.2 Å². The second-order valence-corrected chi connectivity index (χ2v) is 16.4. The van der Waals surface area contributed by atoms with Crippen molar-refractivity contribution in [2.45, 2.75) is 270 Å². The topological polar surface area (TPSA) is 95.9 Å². The fourth-order valence-electron chi connectivity index (χ4n) is 7.34. The third kappa shape index (κ3) is 40.3. The highest BCUT2D eigenvalue weighted by Gasteiger charge is 2.20. The van der Waals surface area contributed by atoms with E-state index < -0.39 is 12.1 Å². The Hall–Kier alpha value is -1.40. The van der Waals surface area contributed by atoms with Crippen molar-refractivity contribution < 1.29 is 24.5 Å². The first-order valence-electron chi connectivity index (χ1n) is 23.9. The van der Waals surface area contributed by atoms with Crippen LogP contribution in [0.4, 0.5) is 0 Å². The molecule has 6 nitrogen and oxygen atoms in total. The minimum atomic E-state index is -0.670. The Morgan fingerprint density at radius 3 is 1.31 bits per heavy atom. The van der Waals surface area contributed by atoms with Crippen molar-refractivity contribution in [3.63, 3.8) is 0 Å². The Morgan fingerprint density at radius 1 is 0.500 bits per heavy atom. The number of allylic oxidation sites excluding steroid dienone is 2. The van der Waals surface area contributed by atoms with E-state index in [0.29, 0.717) is 25.9 Å². The van der Waals surface area contributed by atoms with E-state index in [1.807, 2.05) is 0 Å². The highest BCUT2D eigenvalue weighted by atomic mass is 16.5. The number of amides is 1. The van der Waals surface area contributed by atoms with Gasteiger partial charge in [-0.05, 0) is 51.4 Å². The highest BCUT2D eigenvalue weighted by molar-refractivity contribution is 5.76. The summed E-state index contributed by atoms with van der Waals surface area (Å²) >= 11 is 0. The van der Waals surface area contributed by atoms with Gasteiger partial charge in [0.2, 0.25) is 5.91 Å². The van der Waals surface area contributed by atoms with Crippen molar-refractivity contribution >= 4 is 11.9 Å². The Bertz CT molecular complexity index is 802. The van der Waals surface area contributed by atoms with E-state index in [0.717, 1.165) is 70.6 Å². The number of esters is 1. The number of hydrogen-bond donors (Lipinski definition) is 3. The van der Waals surface area contributed by atoms with Crippen LogP contribution in [-0.4, -0.2) is 47.4 Å². The van der Waals surface area contributed by atoms with E-state index in [2.05, 4.69) is 31.3 Å². The van der Waals surface area contributed by atoms with Crippen LogP contribution in [0.5, 0.6) is 0 Å². The minimum absolute atomic E-state index is 0.00903. The first kappa shape index (κ1) is 52.6. The van der Waals surface area contributed by atoms with Gasteiger partial charge in [-0.2, -0.15) is 0 Å². The van der Waals surface area contributed by atoms with Crippen LogP contribution in [0.15, 0.2) is 12.2 Å². The summed E-state index contributed by atoms with van der Waals surface area (Å²) in [6.07, 6.45) is 48.9. The summed E-state index contributed by atoms with van der Waals surface area (Å²) in [5.74, 6) is -0.0618. The molecule has 54 heavy (non-hydrogen) atoms. The van der Waals surface area contributed by atoms with Gasteiger partial charge < -0.3 is 20.3 Å². The van der Waals surface area contributed by atoms with Gasteiger partial charge in [0.25, 0.3) is 0 Å². The molecule has 0 aliphatic carbocycles. The molecule has 0 fully saturated rings. The zero-order chi connectivity index (χ0) is 39.4. The van der Waals surface area contributed by atoms with Crippen LogP contribution in [0, 0.1) is 0 Å². The van der Waals surface area contributed by atoms with Gasteiger partial charge in [0.05, 0.1) is 25.4 Å². The molecule has 0 heterocycles.